The van der Waals surface area contributed by atoms with Crippen molar-refractivity contribution in [1.82, 2.24) is 14.7 Å². The van der Waals surface area contributed by atoms with Gasteiger partial charge in [0, 0.05) is 6.54 Å². The molecule has 0 radical (unpaired) electrons. The Labute approximate surface area is 114 Å². The second kappa shape index (κ2) is 5.33. The zero-order chi connectivity index (χ0) is 14.0. The summed E-state index contributed by atoms with van der Waals surface area (Å²) in [6, 6.07) is 0. The standard InChI is InChI=1S/C14H23N3O2/c1-5-17-12(11(19-4)10-15-17)13(18)14(2,3)16-8-6-7-9-16/h10H,5-9H2,1-4H3. The molecule has 5 heteroatoms. The zero-order valence-corrected chi connectivity index (χ0v) is 12.3. The van der Waals surface area contributed by atoms with Crippen LogP contribution in [0.3, 0.4) is 0 Å². The van der Waals surface area contributed by atoms with Crippen molar-refractivity contribution in [2.75, 3.05) is 20.2 Å². The molecule has 1 aliphatic heterocycles. The van der Waals surface area contributed by atoms with E-state index in [4.69, 9.17) is 4.74 Å². The first-order valence-electron chi connectivity index (χ1n) is 6.92. The normalized spacial score (nSPS) is 16.8. The number of ether oxygens (including phenoxy) is 1. The molecule has 1 fully saturated rings. The quantitative estimate of drug-likeness (QED) is 0.764. The van der Waals surface area contributed by atoms with E-state index in [1.165, 1.54) is 12.8 Å². The molecular weight excluding hydrogens is 242 g/mol. The van der Waals surface area contributed by atoms with Crippen molar-refractivity contribution < 1.29 is 9.53 Å². The zero-order valence-electron chi connectivity index (χ0n) is 12.3. The van der Waals surface area contributed by atoms with Gasteiger partial charge in [0.05, 0.1) is 18.8 Å². The average Bonchev–Trinajstić information content (AvgIpc) is 3.06. The first kappa shape index (κ1) is 14.1. The van der Waals surface area contributed by atoms with Crippen LogP contribution < -0.4 is 4.74 Å². The smallest absolute Gasteiger partial charge is 0.204 e. The van der Waals surface area contributed by atoms with Crippen molar-refractivity contribution in [3.63, 3.8) is 0 Å². The number of methoxy groups -OCH3 is 1. The molecule has 0 atom stereocenters. The fourth-order valence-corrected chi connectivity index (χ4v) is 2.70. The molecule has 1 aromatic heterocycles. The Morgan fingerprint density at radius 1 is 1.42 bits per heavy atom. The summed E-state index contributed by atoms with van der Waals surface area (Å²) in [6.45, 7) is 8.61. The predicted octanol–water partition coefficient (Wildman–Crippen LogP) is 1.97. The Morgan fingerprint density at radius 2 is 2.05 bits per heavy atom. The highest BCUT2D eigenvalue weighted by molar-refractivity contribution is 6.03. The molecular formula is C14H23N3O2. The summed E-state index contributed by atoms with van der Waals surface area (Å²) < 4.78 is 7.01. The molecule has 0 N–H and O–H groups in total. The van der Waals surface area contributed by atoms with Gasteiger partial charge in [0.25, 0.3) is 0 Å². The second-order valence-electron chi connectivity index (χ2n) is 5.46. The molecule has 0 aliphatic carbocycles. The van der Waals surface area contributed by atoms with Gasteiger partial charge in [0.1, 0.15) is 5.69 Å². The first-order valence-corrected chi connectivity index (χ1v) is 6.92. The average molecular weight is 265 g/mol. The van der Waals surface area contributed by atoms with E-state index in [9.17, 15) is 4.79 Å². The van der Waals surface area contributed by atoms with Crippen LogP contribution in [0, 0.1) is 0 Å². The van der Waals surface area contributed by atoms with E-state index in [1.807, 2.05) is 20.8 Å². The maximum atomic E-state index is 12.9. The lowest BCUT2D eigenvalue weighted by Crippen LogP contribution is -2.49. The van der Waals surface area contributed by atoms with Gasteiger partial charge in [0.2, 0.25) is 5.78 Å². The van der Waals surface area contributed by atoms with Crippen molar-refractivity contribution in [3.05, 3.63) is 11.9 Å². The number of ketones is 1. The van der Waals surface area contributed by atoms with Crippen LogP contribution in [0.1, 0.15) is 44.1 Å². The number of aryl methyl sites for hydroxylation is 1. The molecule has 0 bridgehead atoms. The summed E-state index contributed by atoms with van der Waals surface area (Å²) in [5, 5.41) is 4.22. The van der Waals surface area contributed by atoms with Crippen molar-refractivity contribution in [3.8, 4) is 5.75 Å². The minimum atomic E-state index is -0.503. The topological polar surface area (TPSA) is 47.4 Å². The lowest BCUT2D eigenvalue weighted by molar-refractivity contribution is 0.0687. The summed E-state index contributed by atoms with van der Waals surface area (Å²) in [5.74, 6) is 0.657. The Morgan fingerprint density at radius 3 is 2.58 bits per heavy atom. The number of likely N-dealkylation sites (tertiary alicyclic amines) is 1. The van der Waals surface area contributed by atoms with Crippen molar-refractivity contribution in [2.24, 2.45) is 0 Å². The summed E-state index contributed by atoms with van der Waals surface area (Å²) in [7, 11) is 1.58. The molecule has 1 saturated heterocycles. The van der Waals surface area contributed by atoms with Crippen LogP contribution in [0.25, 0.3) is 0 Å². The Balaban J connectivity index is 2.34. The number of hydrogen-bond donors (Lipinski definition) is 0. The maximum absolute atomic E-state index is 12.9. The van der Waals surface area contributed by atoms with Gasteiger partial charge in [-0.2, -0.15) is 5.10 Å². The lowest BCUT2D eigenvalue weighted by atomic mass is 9.94. The molecule has 0 amide bonds. The van der Waals surface area contributed by atoms with Gasteiger partial charge < -0.3 is 4.74 Å². The van der Waals surface area contributed by atoms with E-state index in [1.54, 1.807) is 18.0 Å². The molecule has 2 heterocycles. The van der Waals surface area contributed by atoms with Crippen molar-refractivity contribution in [2.45, 2.75) is 45.7 Å². The number of Topliss-reactive ketones (excluding diaryl/α,β-unsaturated/α-hetero) is 1. The molecule has 5 nitrogen and oxygen atoms in total. The number of aromatic nitrogens is 2. The van der Waals surface area contributed by atoms with Gasteiger partial charge in [-0.25, -0.2) is 0 Å². The number of carbonyl (C=O) groups is 1. The van der Waals surface area contributed by atoms with Crippen LogP contribution in [0.15, 0.2) is 6.20 Å². The van der Waals surface area contributed by atoms with E-state index in [0.717, 1.165) is 13.1 Å². The predicted molar refractivity (Wildman–Crippen MR) is 73.7 cm³/mol. The Bertz CT molecular complexity index is 438. The molecule has 1 aliphatic rings. The van der Waals surface area contributed by atoms with Gasteiger partial charge in [0.15, 0.2) is 5.75 Å². The van der Waals surface area contributed by atoms with Gasteiger partial charge in [-0.1, -0.05) is 0 Å². The highest BCUT2D eigenvalue weighted by Gasteiger charge is 2.39. The summed E-state index contributed by atoms with van der Waals surface area (Å²) in [5.41, 5.74) is 0.0819. The van der Waals surface area contributed by atoms with Gasteiger partial charge in [-0.05, 0) is 46.7 Å². The van der Waals surface area contributed by atoms with Crippen LogP contribution in [0.4, 0.5) is 0 Å². The molecule has 0 spiro atoms. The fraction of sp³-hybridized carbons (Fsp3) is 0.714. The Hall–Kier alpha value is -1.36. The number of rotatable bonds is 5. The van der Waals surface area contributed by atoms with E-state index >= 15 is 0 Å². The number of hydrogen-bond acceptors (Lipinski definition) is 4. The molecule has 0 unspecified atom stereocenters. The monoisotopic (exact) mass is 265 g/mol. The highest BCUT2D eigenvalue weighted by Crippen LogP contribution is 2.29. The fourth-order valence-electron chi connectivity index (χ4n) is 2.70. The van der Waals surface area contributed by atoms with Crippen LogP contribution in [0.2, 0.25) is 0 Å². The molecule has 0 saturated carbocycles. The minimum Gasteiger partial charge on any atom is -0.493 e. The van der Waals surface area contributed by atoms with Crippen LogP contribution in [-0.2, 0) is 6.54 Å². The molecule has 1 aromatic rings. The summed E-state index contributed by atoms with van der Waals surface area (Å²) in [4.78, 5) is 15.1. The van der Waals surface area contributed by atoms with Gasteiger partial charge in [-0.15, -0.1) is 0 Å². The van der Waals surface area contributed by atoms with E-state index in [0.29, 0.717) is 18.0 Å². The summed E-state index contributed by atoms with van der Waals surface area (Å²) >= 11 is 0. The molecule has 19 heavy (non-hydrogen) atoms. The lowest BCUT2D eigenvalue weighted by Gasteiger charge is -2.33. The third-order valence-corrected chi connectivity index (χ3v) is 3.99. The van der Waals surface area contributed by atoms with Crippen molar-refractivity contribution >= 4 is 5.78 Å². The summed E-state index contributed by atoms with van der Waals surface area (Å²) in [6.07, 6.45) is 3.96. The maximum Gasteiger partial charge on any atom is 0.204 e. The first-order chi connectivity index (χ1) is 9.02. The third kappa shape index (κ3) is 2.39. The minimum absolute atomic E-state index is 0.0885. The third-order valence-electron chi connectivity index (χ3n) is 3.99. The SMILES string of the molecule is CCn1ncc(OC)c1C(=O)C(C)(C)N1CCCC1. The second-order valence-corrected chi connectivity index (χ2v) is 5.46. The van der Waals surface area contributed by atoms with Crippen LogP contribution in [0.5, 0.6) is 5.75 Å². The van der Waals surface area contributed by atoms with Crippen LogP contribution >= 0.6 is 0 Å². The van der Waals surface area contributed by atoms with E-state index in [2.05, 4.69) is 10.00 Å². The van der Waals surface area contributed by atoms with Gasteiger partial charge in [-0.3, -0.25) is 14.4 Å². The van der Waals surface area contributed by atoms with Crippen LogP contribution in [-0.4, -0.2) is 46.2 Å². The Kier molecular flexibility index (Phi) is 3.94. The number of carbonyl (C=O) groups excluding carboxylic acids is 1. The number of nitrogens with zero attached hydrogens (tertiary/aromatic N) is 3. The van der Waals surface area contributed by atoms with E-state index in [-0.39, 0.29) is 5.78 Å². The largest absolute Gasteiger partial charge is 0.493 e. The molecule has 106 valence electrons. The van der Waals surface area contributed by atoms with Crippen molar-refractivity contribution in [1.29, 1.82) is 0 Å². The van der Waals surface area contributed by atoms with E-state index < -0.39 is 5.54 Å². The van der Waals surface area contributed by atoms with Gasteiger partial charge >= 0.3 is 0 Å². The highest BCUT2D eigenvalue weighted by atomic mass is 16.5. The molecule has 0 aromatic carbocycles. The molecule has 2 rings (SSSR count).